The molecule has 0 spiro atoms. The Kier molecular flexibility index (Phi) is 5.83. The molecule has 33 heavy (non-hydrogen) atoms. The van der Waals surface area contributed by atoms with Crippen molar-refractivity contribution in [1.82, 2.24) is 9.97 Å². The lowest BCUT2D eigenvalue weighted by molar-refractivity contribution is -0.0790. The molecule has 0 bridgehead atoms. The average molecular weight is 452 g/mol. The fourth-order valence-electron chi connectivity index (χ4n) is 3.30. The van der Waals surface area contributed by atoms with Crippen LogP contribution in [0.2, 0.25) is 0 Å². The quantitative estimate of drug-likeness (QED) is 0.155. The van der Waals surface area contributed by atoms with E-state index in [1.54, 1.807) is 24.3 Å². The summed E-state index contributed by atoms with van der Waals surface area (Å²) in [6.07, 6.45) is -3.60. The number of nitrogens with one attached hydrogen (secondary N) is 1. The van der Waals surface area contributed by atoms with Crippen LogP contribution in [0.1, 0.15) is 27.3 Å². The van der Waals surface area contributed by atoms with Crippen molar-refractivity contribution in [3.8, 4) is 0 Å². The first-order chi connectivity index (χ1) is 15.7. The standard InChI is InChI=1S/C25H16F4N2O2/c26-18-8-4-7-17(14-18)23(33)21(24-30-19-9-1-2-10-20(19)31-24)22(32)16-6-3-5-15(13-16)11-12-25(27,28)29/h1-14,33H,(H,30,31). The Labute approximate surface area is 185 Å². The van der Waals surface area contributed by atoms with Gasteiger partial charge in [0.15, 0.2) is 0 Å². The highest BCUT2D eigenvalue weighted by molar-refractivity contribution is 6.33. The molecule has 0 unspecified atom stereocenters. The average Bonchev–Trinajstić information content (AvgIpc) is 3.21. The van der Waals surface area contributed by atoms with Crippen molar-refractivity contribution in [3.63, 3.8) is 0 Å². The molecule has 0 saturated carbocycles. The number of carbonyl (C=O) groups excluding carboxylic acids is 1. The maximum atomic E-state index is 13.8. The lowest BCUT2D eigenvalue weighted by Gasteiger charge is -2.10. The molecule has 4 aromatic rings. The highest BCUT2D eigenvalue weighted by Crippen LogP contribution is 2.29. The molecule has 2 N–H and O–H groups in total. The highest BCUT2D eigenvalue weighted by atomic mass is 19.4. The van der Waals surface area contributed by atoms with E-state index < -0.39 is 23.5 Å². The van der Waals surface area contributed by atoms with Crippen LogP contribution in [0, 0.1) is 5.82 Å². The van der Waals surface area contributed by atoms with Gasteiger partial charge in [0.05, 0.1) is 11.0 Å². The van der Waals surface area contributed by atoms with Crippen LogP contribution in [0.4, 0.5) is 17.6 Å². The molecule has 1 heterocycles. The van der Waals surface area contributed by atoms with Crippen LogP contribution in [0.5, 0.6) is 0 Å². The molecule has 1 aromatic heterocycles. The van der Waals surface area contributed by atoms with Gasteiger partial charge in [0, 0.05) is 17.2 Å². The molecule has 0 saturated heterocycles. The summed E-state index contributed by atoms with van der Waals surface area (Å²) in [6, 6.07) is 17.5. The summed E-state index contributed by atoms with van der Waals surface area (Å²) in [5.74, 6) is -1.79. The SMILES string of the molecule is O=C(C(=C(O)c1cccc(F)c1)c1nc2ccccc2[nH]1)c1cccc(C=CC(F)(F)F)c1. The van der Waals surface area contributed by atoms with Crippen LogP contribution in [-0.4, -0.2) is 27.0 Å². The predicted molar refractivity (Wildman–Crippen MR) is 118 cm³/mol. The number of alkyl halides is 3. The molecule has 0 aliphatic heterocycles. The molecule has 8 heteroatoms. The van der Waals surface area contributed by atoms with Crippen molar-refractivity contribution in [2.75, 3.05) is 0 Å². The highest BCUT2D eigenvalue weighted by Gasteiger charge is 2.25. The molecule has 0 aliphatic rings. The van der Waals surface area contributed by atoms with E-state index in [2.05, 4.69) is 9.97 Å². The third-order valence-electron chi connectivity index (χ3n) is 4.80. The summed E-state index contributed by atoms with van der Waals surface area (Å²) in [5, 5.41) is 11.0. The van der Waals surface area contributed by atoms with E-state index in [0.717, 1.165) is 12.1 Å². The maximum Gasteiger partial charge on any atom is 0.409 e. The van der Waals surface area contributed by atoms with E-state index in [0.29, 0.717) is 11.0 Å². The van der Waals surface area contributed by atoms with Gasteiger partial charge >= 0.3 is 6.18 Å². The Morgan fingerprint density at radius 2 is 1.67 bits per heavy atom. The minimum absolute atomic E-state index is 0.0257. The summed E-state index contributed by atoms with van der Waals surface area (Å²) < 4.78 is 51.4. The van der Waals surface area contributed by atoms with Gasteiger partial charge in [0.2, 0.25) is 5.78 Å². The summed E-state index contributed by atoms with van der Waals surface area (Å²) >= 11 is 0. The number of nitrogens with zero attached hydrogens (tertiary/aromatic N) is 1. The van der Waals surface area contributed by atoms with Crippen molar-refractivity contribution in [3.05, 3.63) is 107 Å². The fourth-order valence-corrected chi connectivity index (χ4v) is 3.30. The molecule has 0 fully saturated rings. The molecule has 4 rings (SSSR count). The number of aliphatic hydroxyl groups is 1. The fraction of sp³-hybridized carbons (Fsp3) is 0.0400. The number of allylic oxidation sites excluding steroid dienone is 2. The maximum absolute atomic E-state index is 13.8. The number of ketones is 1. The number of Topliss-reactive ketones (excluding diaryl/α,β-unsaturated/α-hetero) is 1. The number of halogens is 4. The Morgan fingerprint density at radius 1 is 0.939 bits per heavy atom. The van der Waals surface area contributed by atoms with E-state index in [9.17, 15) is 27.5 Å². The van der Waals surface area contributed by atoms with Crippen LogP contribution >= 0.6 is 0 Å². The molecule has 0 amide bonds. The van der Waals surface area contributed by atoms with Gasteiger partial charge in [-0.05, 0) is 35.9 Å². The van der Waals surface area contributed by atoms with E-state index in [1.165, 1.54) is 42.5 Å². The second-order valence-electron chi connectivity index (χ2n) is 7.17. The number of hydrogen-bond donors (Lipinski definition) is 2. The van der Waals surface area contributed by atoms with Crippen molar-refractivity contribution in [2.45, 2.75) is 6.18 Å². The van der Waals surface area contributed by atoms with Gasteiger partial charge in [-0.3, -0.25) is 4.79 Å². The second-order valence-corrected chi connectivity index (χ2v) is 7.17. The molecular weight excluding hydrogens is 436 g/mol. The van der Waals surface area contributed by atoms with Crippen molar-refractivity contribution in [1.29, 1.82) is 0 Å². The molecule has 166 valence electrons. The zero-order valence-electron chi connectivity index (χ0n) is 16.9. The molecule has 4 nitrogen and oxygen atoms in total. The molecule has 0 radical (unpaired) electrons. The number of H-pyrrole nitrogens is 1. The van der Waals surface area contributed by atoms with Crippen LogP contribution in [0.15, 0.2) is 78.9 Å². The zero-order chi connectivity index (χ0) is 23.6. The van der Waals surface area contributed by atoms with E-state index >= 15 is 0 Å². The lowest BCUT2D eigenvalue weighted by atomic mass is 9.97. The van der Waals surface area contributed by atoms with E-state index in [1.807, 2.05) is 0 Å². The smallest absolute Gasteiger partial charge is 0.409 e. The normalized spacial score (nSPS) is 12.8. The number of benzene rings is 3. The first-order valence-corrected chi connectivity index (χ1v) is 9.76. The van der Waals surface area contributed by atoms with Crippen LogP contribution in [-0.2, 0) is 0 Å². The summed E-state index contributed by atoms with van der Waals surface area (Å²) in [4.78, 5) is 20.8. The minimum atomic E-state index is -4.50. The van der Waals surface area contributed by atoms with E-state index in [-0.39, 0.29) is 34.2 Å². The largest absolute Gasteiger partial charge is 0.506 e. The summed E-state index contributed by atoms with van der Waals surface area (Å²) in [6.45, 7) is 0. The Bertz CT molecular complexity index is 1370. The number of aromatic nitrogens is 2. The van der Waals surface area contributed by atoms with Crippen LogP contribution in [0.25, 0.3) is 28.4 Å². The number of hydrogen-bond acceptors (Lipinski definition) is 3. The molecule has 3 aromatic carbocycles. The number of carbonyl (C=O) groups is 1. The predicted octanol–water partition coefficient (Wildman–Crippen LogP) is 6.59. The van der Waals surface area contributed by atoms with Gasteiger partial charge < -0.3 is 10.1 Å². The lowest BCUT2D eigenvalue weighted by Crippen LogP contribution is -2.08. The number of rotatable bonds is 5. The van der Waals surface area contributed by atoms with Gasteiger partial charge in [-0.2, -0.15) is 13.2 Å². The number of para-hydroxylation sites is 2. The van der Waals surface area contributed by atoms with Crippen molar-refractivity contribution < 1.29 is 27.5 Å². The van der Waals surface area contributed by atoms with Gasteiger partial charge in [-0.15, -0.1) is 0 Å². The second kappa shape index (κ2) is 8.74. The summed E-state index contributed by atoms with van der Waals surface area (Å²) in [7, 11) is 0. The van der Waals surface area contributed by atoms with Gasteiger partial charge in [-0.1, -0.05) is 48.5 Å². The first-order valence-electron chi connectivity index (χ1n) is 9.76. The molecule has 0 aliphatic carbocycles. The molecular formula is C25H16F4N2O2. The monoisotopic (exact) mass is 452 g/mol. The van der Waals surface area contributed by atoms with Crippen molar-refractivity contribution in [2.24, 2.45) is 0 Å². The third kappa shape index (κ3) is 5.01. The number of aliphatic hydroxyl groups excluding tert-OH is 1. The topological polar surface area (TPSA) is 66.0 Å². The van der Waals surface area contributed by atoms with E-state index in [4.69, 9.17) is 0 Å². The zero-order valence-corrected chi connectivity index (χ0v) is 16.9. The van der Waals surface area contributed by atoms with Gasteiger partial charge in [0.25, 0.3) is 0 Å². The Morgan fingerprint density at radius 3 is 2.39 bits per heavy atom. The van der Waals surface area contributed by atoms with Gasteiger partial charge in [-0.25, -0.2) is 9.37 Å². The first kappa shape index (κ1) is 22.0. The van der Waals surface area contributed by atoms with Gasteiger partial charge in [0.1, 0.15) is 23.0 Å². The molecule has 0 atom stereocenters. The van der Waals surface area contributed by atoms with Crippen molar-refractivity contribution >= 4 is 34.2 Å². The van der Waals surface area contributed by atoms with Crippen LogP contribution < -0.4 is 0 Å². The minimum Gasteiger partial charge on any atom is -0.506 e. The number of fused-ring (bicyclic) bond motifs is 1. The Hall–Kier alpha value is -4.20. The number of imidazole rings is 1. The Balaban J connectivity index is 1.86. The van der Waals surface area contributed by atoms with Crippen LogP contribution in [0.3, 0.4) is 0 Å². The number of aromatic amines is 1. The summed E-state index contributed by atoms with van der Waals surface area (Å²) in [5.41, 5.74) is 1.11. The third-order valence-corrected chi connectivity index (χ3v) is 4.80.